The van der Waals surface area contributed by atoms with Crippen LogP contribution in [-0.2, 0) is 4.74 Å². The van der Waals surface area contributed by atoms with Gasteiger partial charge in [0, 0.05) is 30.7 Å². The summed E-state index contributed by atoms with van der Waals surface area (Å²) in [4.78, 5) is 32.4. The van der Waals surface area contributed by atoms with Gasteiger partial charge in [0.1, 0.15) is 5.60 Å². The predicted molar refractivity (Wildman–Crippen MR) is 94.5 cm³/mol. The van der Waals surface area contributed by atoms with E-state index in [0.717, 1.165) is 19.3 Å². The van der Waals surface area contributed by atoms with Crippen molar-refractivity contribution in [1.29, 1.82) is 0 Å². The minimum absolute atomic E-state index is 0.0205. The zero-order valence-electron chi connectivity index (χ0n) is 14.9. The highest BCUT2D eigenvalue weighted by molar-refractivity contribution is 7.11. The Hall–Kier alpha value is -1.47. The van der Waals surface area contributed by atoms with Gasteiger partial charge in [0.25, 0.3) is 0 Å². The molecule has 1 fully saturated rings. The first-order chi connectivity index (χ1) is 11.3. The van der Waals surface area contributed by atoms with E-state index in [0.29, 0.717) is 24.6 Å². The number of likely N-dealkylation sites (tertiary alicyclic amines) is 1. The molecular formula is C17H27N3O3S. The van der Waals surface area contributed by atoms with Crippen molar-refractivity contribution in [2.45, 2.75) is 51.7 Å². The van der Waals surface area contributed by atoms with Gasteiger partial charge in [-0.15, -0.1) is 11.3 Å². The Morgan fingerprint density at radius 1 is 1.42 bits per heavy atom. The summed E-state index contributed by atoms with van der Waals surface area (Å²) in [5.74, 6) is 0.0205. The smallest absolute Gasteiger partial charge is 0.410 e. The van der Waals surface area contributed by atoms with E-state index in [1.165, 1.54) is 11.3 Å². The van der Waals surface area contributed by atoms with Gasteiger partial charge >= 0.3 is 6.09 Å². The maximum Gasteiger partial charge on any atom is 0.410 e. The number of nitrogens with zero attached hydrogens (tertiary/aromatic N) is 3. The molecule has 7 heteroatoms. The highest BCUT2D eigenvalue weighted by atomic mass is 32.1. The number of likely N-dealkylation sites (N-methyl/N-ethyl adjacent to an activating group) is 1. The zero-order valence-corrected chi connectivity index (χ0v) is 15.8. The fourth-order valence-corrected chi connectivity index (χ4v) is 3.42. The van der Waals surface area contributed by atoms with Crippen LogP contribution >= 0.6 is 11.3 Å². The summed E-state index contributed by atoms with van der Waals surface area (Å²) < 4.78 is 5.52. The van der Waals surface area contributed by atoms with E-state index in [2.05, 4.69) is 4.98 Å². The molecule has 1 atom stereocenters. The van der Waals surface area contributed by atoms with Crippen LogP contribution in [0.3, 0.4) is 0 Å². The Kier molecular flexibility index (Phi) is 6.34. The van der Waals surface area contributed by atoms with Crippen molar-refractivity contribution >= 4 is 23.2 Å². The van der Waals surface area contributed by atoms with Gasteiger partial charge in [-0.3, -0.25) is 9.69 Å². The van der Waals surface area contributed by atoms with Gasteiger partial charge in [0.05, 0.1) is 6.54 Å². The minimum atomic E-state index is -0.494. The van der Waals surface area contributed by atoms with E-state index in [1.54, 1.807) is 11.6 Å². The third kappa shape index (κ3) is 5.56. The lowest BCUT2D eigenvalue weighted by atomic mass is 10.0. The molecular weight excluding hydrogens is 326 g/mol. The number of piperidine rings is 1. The number of carbonyl (C=O) groups excluding carboxylic acids is 2. The molecule has 1 saturated heterocycles. The first kappa shape index (κ1) is 18.9. The summed E-state index contributed by atoms with van der Waals surface area (Å²) >= 11 is 1.36. The molecule has 0 radical (unpaired) electrons. The van der Waals surface area contributed by atoms with Crippen LogP contribution in [0.5, 0.6) is 0 Å². The molecule has 0 bridgehead atoms. The van der Waals surface area contributed by atoms with E-state index in [1.807, 2.05) is 37.6 Å². The molecule has 0 N–H and O–H groups in total. The Morgan fingerprint density at radius 2 is 2.17 bits per heavy atom. The topological polar surface area (TPSA) is 62.7 Å². The summed E-state index contributed by atoms with van der Waals surface area (Å²) in [6.45, 7) is 7.32. The fraction of sp³-hybridized carbons (Fsp3) is 0.706. The van der Waals surface area contributed by atoms with Crippen molar-refractivity contribution in [2.24, 2.45) is 0 Å². The van der Waals surface area contributed by atoms with Crippen molar-refractivity contribution in [3.63, 3.8) is 0 Å². The normalized spacial score (nSPS) is 18.7. The highest BCUT2D eigenvalue weighted by Crippen LogP contribution is 2.21. The Labute approximate surface area is 147 Å². The highest BCUT2D eigenvalue weighted by Gasteiger charge is 2.31. The van der Waals surface area contributed by atoms with E-state index >= 15 is 0 Å². The number of hydrogen-bond acceptors (Lipinski definition) is 6. The fourth-order valence-electron chi connectivity index (χ4n) is 2.85. The van der Waals surface area contributed by atoms with Gasteiger partial charge in [-0.05, 0) is 47.1 Å². The van der Waals surface area contributed by atoms with Gasteiger partial charge in [0.15, 0.2) is 5.01 Å². The number of Topliss-reactive ketones (excluding diaryl/α,β-unsaturated/α-hetero) is 1. The van der Waals surface area contributed by atoms with Crippen LogP contribution in [0.25, 0.3) is 0 Å². The van der Waals surface area contributed by atoms with Crippen molar-refractivity contribution in [3.8, 4) is 0 Å². The van der Waals surface area contributed by atoms with Gasteiger partial charge in [0.2, 0.25) is 5.78 Å². The van der Waals surface area contributed by atoms with Crippen LogP contribution in [0, 0.1) is 0 Å². The number of rotatable bonds is 5. The molecule has 1 aliphatic rings. The lowest BCUT2D eigenvalue weighted by molar-refractivity contribution is 0.00638. The number of aromatic nitrogens is 1. The van der Waals surface area contributed by atoms with E-state index in [4.69, 9.17) is 4.74 Å². The second kappa shape index (κ2) is 8.07. The molecule has 24 heavy (non-hydrogen) atoms. The number of amides is 1. The molecule has 1 aromatic heterocycles. The van der Waals surface area contributed by atoms with E-state index in [9.17, 15) is 9.59 Å². The molecule has 134 valence electrons. The average molecular weight is 353 g/mol. The summed E-state index contributed by atoms with van der Waals surface area (Å²) in [6, 6.07) is 0.0858. The van der Waals surface area contributed by atoms with Gasteiger partial charge in [-0.25, -0.2) is 9.78 Å². The van der Waals surface area contributed by atoms with Crippen LogP contribution in [0.2, 0.25) is 0 Å². The maximum atomic E-state index is 12.4. The number of ketones is 1. The monoisotopic (exact) mass is 353 g/mol. The second-order valence-electron chi connectivity index (χ2n) is 7.28. The summed E-state index contributed by atoms with van der Waals surface area (Å²) in [5, 5.41) is 2.34. The van der Waals surface area contributed by atoms with Gasteiger partial charge in [-0.2, -0.15) is 0 Å². The SMILES string of the molecule is CN(CC(=O)c1nccs1)CC1CCCCN1C(=O)OC(C)(C)C. The van der Waals surface area contributed by atoms with Crippen LogP contribution < -0.4 is 0 Å². The third-order valence-corrected chi connectivity index (χ3v) is 4.68. The molecule has 1 amide bonds. The molecule has 2 heterocycles. The quantitative estimate of drug-likeness (QED) is 0.761. The van der Waals surface area contributed by atoms with Gasteiger partial charge in [-0.1, -0.05) is 0 Å². The van der Waals surface area contributed by atoms with E-state index in [-0.39, 0.29) is 17.9 Å². The molecule has 0 saturated carbocycles. The van der Waals surface area contributed by atoms with Crippen molar-refractivity contribution in [3.05, 3.63) is 16.6 Å². The molecule has 2 rings (SSSR count). The first-order valence-corrected chi connectivity index (χ1v) is 9.25. The van der Waals surface area contributed by atoms with Crippen LogP contribution in [0.1, 0.15) is 49.8 Å². The Balaban J connectivity index is 1.92. The summed E-state index contributed by atoms with van der Waals surface area (Å²) in [5.41, 5.74) is -0.494. The number of thiazole rings is 1. The Morgan fingerprint density at radius 3 is 2.79 bits per heavy atom. The lowest BCUT2D eigenvalue weighted by Gasteiger charge is -2.38. The zero-order chi connectivity index (χ0) is 17.7. The molecule has 6 nitrogen and oxygen atoms in total. The van der Waals surface area contributed by atoms with Gasteiger partial charge < -0.3 is 9.64 Å². The summed E-state index contributed by atoms with van der Waals surface area (Å²) in [6.07, 6.45) is 4.42. The summed E-state index contributed by atoms with van der Waals surface area (Å²) in [7, 11) is 1.91. The molecule has 0 aromatic carbocycles. The van der Waals surface area contributed by atoms with Crippen LogP contribution in [0.4, 0.5) is 4.79 Å². The number of carbonyl (C=O) groups is 2. The van der Waals surface area contributed by atoms with Crippen molar-refractivity contribution in [1.82, 2.24) is 14.8 Å². The number of hydrogen-bond donors (Lipinski definition) is 0. The van der Waals surface area contributed by atoms with Crippen LogP contribution in [0.15, 0.2) is 11.6 Å². The maximum absolute atomic E-state index is 12.4. The molecule has 0 aliphatic carbocycles. The third-order valence-electron chi connectivity index (χ3n) is 3.86. The molecule has 0 spiro atoms. The number of ether oxygens (including phenoxy) is 1. The van der Waals surface area contributed by atoms with E-state index < -0.39 is 5.60 Å². The molecule has 1 unspecified atom stereocenters. The van der Waals surface area contributed by atoms with Crippen molar-refractivity contribution < 1.29 is 14.3 Å². The molecule has 1 aliphatic heterocycles. The predicted octanol–water partition coefficient (Wildman–Crippen LogP) is 3.05. The average Bonchev–Trinajstić information content (AvgIpc) is 3.00. The first-order valence-electron chi connectivity index (χ1n) is 8.37. The standard InChI is InChI=1S/C17H27N3O3S/c1-17(2,3)23-16(22)20-9-6-5-7-13(20)11-19(4)12-14(21)15-18-8-10-24-15/h8,10,13H,5-7,9,11-12H2,1-4H3. The molecule has 1 aromatic rings. The Bertz CT molecular complexity index is 554. The lowest BCUT2D eigenvalue weighted by Crippen LogP contribution is -2.50. The van der Waals surface area contributed by atoms with Crippen molar-refractivity contribution in [2.75, 3.05) is 26.7 Å². The minimum Gasteiger partial charge on any atom is -0.444 e. The van der Waals surface area contributed by atoms with Crippen LogP contribution in [-0.4, -0.2) is 65.0 Å². The second-order valence-corrected chi connectivity index (χ2v) is 8.18. The largest absolute Gasteiger partial charge is 0.444 e.